The maximum atomic E-state index is 8.47. The molecular formula is C8H8ClN3. The van der Waals surface area contributed by atoms with E-state index in [2.05, 4.69) is 9.97 Å². The summed E-state index contributed by atoms with van der Waals surface area (Å²) in [4.78, 5) is 8.06. The molecule has 0 fully saturated rings. The fraction of sp³-hybridized carbons (Fsp3) is 0.375. The Morgan fingerprint density at radius 3 is 2.58 bits per heavy atom. The van der Waals surface area contributed by atoms with Gasteiger partial charge in [-0.05, 0) is 13.8 Å². The van der Waals surface area contributed by atoms with Crippen LogP contribution < -0.4 is 0 Å². The van der Waals surface area contributed by atoms with Crippen molar-refractivity contribution in [3.63, 3.8) is 0 Å². The van der Waals surface area contributed by atoms with E-state index >= 15 is 0 Å². The highest BCUT2D eigenvalue weighted by atomic mass is 35.5. The van der Waals surface area contributed by atoms with Crippen LogP contribution in [0.3, 0.4) is 0 Å². The maximum Gasteiger partial charge on any atom is 0.137 e. The SMILES string of the molecule is Cc1nc(C)c(CC#N)c(Cl)n1. The molecule has 0 spiro atoms. The highest BCUT2D eigenvalue weighted by Crippen LogP contribution is 2.16. The fourth-order valence-electron chi connectivity index (χ4n) is 0.974. The van der Waals surface area contributed by atoms with Gasteiger partial charge in [0.15, 0.2) is 0 Å². The molecule has 0 amide bonds. The van der Waals surface area contributed by atoms with Crippen molar-refractivity contribution in [2.75, 3.05) is 0 Å². The monoisotopic (exact) mass is 181 g/mol. The van der Waals surface area contributed by atoms with Gasteiger partial charge >= 0.3 is 0 Å². The molecule has 0 aromatic carbocycles. The quantitative estimate of drug-likeness (QED) is 0.621. The maximum absolute atomic E-state index is 8.47. The molecule has 0 saturated heterocycles. The predicted molar refractivity (Wildman–Crippen MR) is 45.8 cm³/mol. The lowest BCUT2D eigenvalue weighted by molar-refractivity contribution is 0.970. The van der Waals surface area contributed by atoms with Gasteiger partial charge in [-0.15, -0.1) is 0 Å². The number of aromatic nitrogens is 2. The topological polar surface area (TPSA) is 49.6 Å². The summed E-state index contributed by atoms with van der Waals surface area (Å²) in [5, 5.41) is 8.86. The predicted octanol–water partition coefficient (Wildman–Crippen LogP) is 1.81. The zero-order chi connectivity index (χ0) is 9.14. The minimum atomic E-state index is 0.269. The number of hydrogen-bond acceptors (Lipinski definition) is 3. The van der Waals surface area contributed by atoms with Crippen molar-refractivity contribution in [2.45, 2.75) is 20.3 Å². The van der Waals surface area contributed by atoms with Crippen molar-refractivity contribution in [3.05, 3.63) is 22.2 Å². The minimum absolute atomic E-state index is 0.269. The third kappa shape index (κ3) is 1.72. The average Bonchev–Trinajstić information content (AvgIpc) is 1.96. The summed E-state index contributed by atoms with van der Waals surface area (Å²) < 4.78 is 0. The van der Waals surface area contributed by atoms with Gasteiger partial charge in [0, 0.05) is 11.3 Å². The Bertz CT molecular complexity index is 318. The van der Waals surface area contributed by atoms with Gasteiger partial charge in [0.1, 0.15) is 11.0 Å². The zero-order valence-electron chi connectivity index (χ0n) is 6.93. The van der Waals surface area contributed by atoms with E-state index in [1.165, 1.54) is 0 Å². The fourth-order valence-corrected chi connectivity index (χ4v) is 1.30. The van der Waals surface area contributed by atoms with E-state index in [9.17, 15) is 0 Å². The van der Waals surface area contributed by atoms with E-state index in [4.69, 9.17) is 16.9 Å². The first-order chi connectivity index (χ1) is 5.65. The van der Waals surface area contributed by atoms with Crippen molar-refractivity contribution in [2.24, 2.45) is 0 Å². The largest absolute Gasteiger partial charge is 0.238 e. The molecule has 62 valence electrons. The Labute approximate surface area is 76.0 Å². The smallest absolute Gasteiger partial charge is 0.137 e. The minimum Gasteiger partial charge on any atom is -0.238 e. The van der Waals surface area contributed by atoms with Crippen LogP contribution in [-0.4, -0.2) is 9.97 Å². The highest BCUT2D eigenvalue weighted by molar-refractivity contribution is 6.30. The van der Waals surface area contributed by atoms with Crippen LogP contribution in [0.25, 0.3) is 0 Å². The van der Waals surface area contributed by atoms with Crippen LogP contribution in [0.15, 0.2) is 0 Å². The molecule has 0 radical (unpaired) electrons. The Morgan fingerprint density at radius 1 is 1.42 bits per heavy atom. The molecule has 0 aliphatic heterocycles. The van der Waals surface area contributed by atoms with Gasteiger partial charge in [-0.25, -0.2) is 9.97 Å². The normalized spacial score (nSPS) is 9.50. The summed E-state index contributed by atoms with van der Waals surface area (Å²) in [6.45, 7) is 3.60. The molecule has 0 atom stereocenters. The number of nitrogens with zero attached hydrogens (tertiary/aromatic N) is 3. The third-order valence-corrected chi connectivity index (χ3v) is 1.84. The molecule has 1 heterocycles. The molecule has 0 saturated carbocycles. The molecule has 0 N–H and O–H groups in total. The Morgan fingerprint density at radius 2 is 2.08 bits per heavy atom. The van der Waals surface area contributed by atoms with Gasteiger partial charge in [-0.2, -0.15) is 5.26 Å². The number of nitriles is 1. The Kier molecular flexibility index (Phi) is 2.61. The van der Waals surface area contributed by atoms with Gasteiger partial charge in [-0.3, -0.25) is 0 Å². The van der Waals surface area contributed by atoms with Gasteiger partial charge < -0.3 is 0 Å². The molecule has 0 bridgehead atoms. The molecule has 0 aliphatic carbocycles. The number of halogens is 1. The van der Waals surface area contributed by atoms with Crippen LogP contribution in [0.5, 0.6) is 0 Å². The van der Waals surface area contributed by atoms with Crippen LogP contribution in [0.2, 0.25) is 5.15 Å². The first kappa shape index (κ1) is 8.95. The van der Waals surface area contributed by atoms with Crippen LogP contribution in [0, 0.1) is 25.2 Å². The summed E-state index contributed by atoms with van der Waals surface area (Å²) in [7, 11) is 0. The second kappa shape index (κ2) is 3.51. The molecule has 3 nitrogen and oxygen atoms in total. The third-order valence-electron chi connectivity index (χ3n) is 1.53. The van der Waals surface area contributed by atoms with Crippen LogP contribution in [-0.2, 0) is 6.42 Å². The first-order valence-corrected chi connectivity index (χ1v) is 3.89. The van der Waals surface area contributed by atoms with Crippen molar-refractivity contribution >= 4 is 11.6 Å². The molecular weight excluding hydrogens is 174 g/mol. The van der Waals surface area contributed by atoms with E-state index < -0.39 is 0 Å². The van der Waals surface area contributed by atoms with E-state index in [1.807, 2.05) is 13.0 Å². The van der Waals surface area contributed by atoms with Crippen molar-refractivity contribution < 1.29 is 0 Å². The standard InChI is InChI=1S/C8H8ClN3/c1-5-7(3-4-10)8(9)12-6(2)11-5/h3H2,1-2H3. The second-order valence-electron chi connectivity index (χ2n) is 2.46. The molecule has 0 aliphatic rings. The van der Waals surface area contributed by atoms with Crippen LogP contribution in [0.1, 0.15) is 17.1 Å². The second-order valence-corrected chi connectivity index (χ2v) is 2.82. The van der Waals surface area contributed by atoms with Crippen molar-refractivity contribution in [1.82, 2.24) is 9.97 Å². The van der Waals surface area contributed by atoms with E-state index in [0.29, 0.717) is 11.0 Å². The van der Waals surface area contributed by atoms with E-state index in [0.717, 1.165) is 11.3 Å². The Balaban J connectivity index is 3.21. The summed E-state index contributed by atoms with van der Waals surface area (Å²) >= 11 is 5.81. The van der Waals surface area contributed by atoms with Crippen molar-refractivity contribution in [3.8, 4) is 6.07 Å². The summed E-state index contributed by atoms with van der Waals surface area (Å²) in [5.74, 6) is 0.638. The van der Waals surface area contributed by atoms with Gasteiger partial charge in [0.25, 0.3) is 0 Å². The van der Waals surface area contributed by atoms with E-state index in [-0.39, 0.29) is 6.42 Å². The van der Waals surface area contributed by atoms with Gasteiger partial charge in [0.2, 0.25) is 0 Å². The summed E-state index contributed by atoms with van der Waals surface area (Å²) in [5.41, 5.74) is 1.51. The number of aryl methyl sites for hydroxylation is 2. The first-order valence-electron chi connectivity index (χ1n) is 3.51. The highest BCUT2D eigenvalue weighted by Gasteiger charge is 2.06. The summed E-state index contributed by atoms with van der Waals surface area (Å²) in [6, 6.07) is 2.02. The summed E-state index contributed by atoms with van der Waals surface area (Å²) in [6.07, 6.45) is 0.269. The Hall–Kier alpha value is -1.14. The molecule has 12 heavy (non-hydrogen) atoms. The van der Waals surface area contributed by atoms with Gasteiger partial charge in [0.05, 0.1) is 12.5 Å². The zero-order valence-corrected chi connectivity index (χ0v) is 7.68. The molecule has 1 aromatic heterocycles. The van der Waals surface area contributed by atoms with Crippen LogP contribution in [0.4, 0.5) is 0 Å². The number of hydrogen-bond donors (Lipinski definition) is 0. The molecule has 1 aromatic rings. The molecule has 1 rings (SSSR count). The molecule has 0 unspecified atom stereocenters. The van der Waals surface area contributed by atoms with Crippen LogP contribution >= 0.6 is 11.6 Å². The lowest BCUT2D eigenvalue weighted by atomic mass is 10.2. The lowest BCUT2D eigenvalue weighted by Gasteiger charge is -2.03. The van der Waals surface area contributed by atoms with Gasteiger partial charge in [-0.1, -0.05) is 11.6 Å². The average molecular weight is 182 g/mol. The lowest BCUT2D eigenvalue weighted by Crippen LogP contribution is -1.98. The van der Waals surface area contributed by atoms with Crippen molar-refractivity contribution in [1.29, 1.82) is 5.26 Å². The van der Waals surface area contributed by atoms with E-state index in [1.54, 1.807) is 6.92 Å². The molecule has 4 heteroatoms. The number of rotatable bonds is 1.